The van der Waals surface area contributed by atoms with E-state index in [1.807, 2.05) is 58.0 Å². The second kappa shape index (κ2) is 5.92. The van der Waals surface area contributed by atoms with Crippen LogP contribution in [0.3, 0.4) is 0 Å². The molecule has 1 aromatic carbocycles. The quantitative estimate of drug-likeness (QED) is 0.793. The van der Waals surface area contributed by atoms with Crippen molar-refractivity contribution in [3.63, 3.8) is 0 Å². The maximum atomic E-state index is 9.25. The van der Waals surface area contributed by atoms with E-state index in [-0.39, 0.29) is 11.8 Å². The first-order valence-corrected chi connectivity index (χ1v) is 7.00. The maximum absolute atomic E-state index is 9.25. The summed E-state index contributed by atoms with van der Waals surface area (Å²) in [7, 11) is -2.38. The highest BCUT2D eigenvalue weighted by molar-refractivity contribution is 7.39. The maximum Gasteiger partial charge on any atom is 0.327 e. The fraction of sp³-hybridized carbons (Fsp3) is 0.538. The second-order valence-corrected chi connectivity index (χ2v) is 5.50. The van der Waals surface area contributed by atoms with Gasteiger partial charge in [-0.3, -0.25) is 0 Å². The minimum Gasteiger partial charge on any atom is -0.328 e. The Bertz CT molecular complexity index is 328. The van der Waals surface area contributed by atoms with Crippen LogP contribution < -0.4 is 0 Å². The Morgan fingerprint density at radius 3 is 1.82 bits per heavy atom. The summed E-state index contributed by atoms with van der Waals surface area (Å²) in [6.45, 7) is 8.13. The molecule has 0 saturated carbocycles. The Kier molecular flexibility index (Phi) is 5.08. The molecule has 0 unspecified atom stereocenters. The zero-order chi connectivity index (χ0) is 13.1. The Morgan fingerprint density at radius 2 is 1.47 bits per heavy atom. The topological polar surface area (TPSA) is 49.7 Å². The van der Waals surface area contributed by atoms with Crippen LogP contribution >= 0.6 is 8.60 Å². The molecule has 0 saturated heterocycles. The van der Waals surface area contributed by atoms with E-state index in [4.69, 9.17) is 4.52 Å². The lowest BCUT2D eigenvalue weighted by Crippen LogP contribution is -2.39. The minimum atomic E-state index is -2.38. The summed E-state index contributed by atoms with van der Waals surface area (Å²) in [6.07, 6.45) is 0. The van der Waals surface area contributed by atoms with Crippen LogP contribution in [0.15, 0.2) is 30.3 Å². The standard InChI is InChI=1S/C13H21O3P/c1-10(2)13(11(3)4,16-17(14)15)12-8-6-5-7-9-12/h5-11,14-15H,1-4H3. The monoisotopic (exact) mass is 256 g/mol. The highest BCUT2D eigenvalue weighted by atomic mass is 31.2. The van der Waals surface area contributed by atoms with Crippen molar-refractivity contribution in [1.29, 1.82) is 0 Å². The number of benzene rings is 1. The van der Waals surface area contributed by atoms with E-state index < -0.39 is 14.2 Å². The van der Waals surface area contributed by atoms with Gasteiger partial charge < -0.3 is 14.3 Å². The molecule has 0 aliphatic carbocycles. The van der Waals surface area contributed by atoms with Crippen molar-refractivity contribution in [2.45, 2.75) is 33.3 Å². The first kappa shape index (κ1) is 14.6. The van der Waals surface area contributed by atoms with Crippen LogP contribution in [0, 0.1) is 11.8 Å². The van der Waals surface area contributed by atoms with Gasteiger partial charge in [-0.2, -0.15) is 0 Å². The van der Waals surface area contributed by atoms with Gasteiger partial charge in [0.15, 0.2) is 0 Å². The van der Waals surface area contributed by atoms with Crippen molar-refractivity contribution >= 4 is 8.60 Å². The average Bonchev–Trinajstić information content (AvgIpc) is 2.25. The lowest BCUT2D eigenvalue weighted by Gasteiger charge is -2.41. The molecule has 0 bridgehead atoms. The molecule has 4 heteroatoms. The van der Waals surface area contributed by atoms with Crippen LogP contribution in [0.5, 0.6) is 0 Å². The second-order valence-electron chi connectivity index (χ2n) is 4.81. The van der Waals surface area contributed by atoms with Crippen LogP contribution in [0.2, 0.25) is 0 Å². The fourth-order valence-corrected chi connectivity index (χ4v) is 3.23. The van der Waals surface area contributed by atoms with Gasteiger partial charge in [0.2, 0.25) is 0 Å². The van der Waals surface area contributed by atoms with E-state index in [9.17, 15) is 9.79 Å². The Hall–Kier alpha value is -0.470. The summed E-state index contributed by atoms with van der Waals surface area (Å²) < 4.78 is 5.52. The SMILES string of the molecule is CC(C)C(OP(O)O)(c1ccccc1)C(C)C. The molecule has 0 aliphatic heterocycles. The predicted octanol–water partition coefficient (Wildman–Crippen LogP) is 3.42. The summed E-state index contributed by atoms with van der Waals surface area (Å²) in [5, 5.41) is 0. The van der Waals surface area contributed by atoms with Crippen LogP contribution in [0.1, 0.15) is 33.3 Å². The molecule has 0 fully saturated rings. The van der Waals surface area contributed by atoms with Crippen LogP contribution in [0.25, 0.3) is 0 Å². The molecule has 3 nitrogen and oxygen atoms in total. The highest BCUT2D eigenvalue weighted by Crippen LogP contribution is 2.48. The zero-order valence-corrected chi connectivity index (χ0v) is 11.7. The van der Waals surface area contributed by atoms with E-state index in [0.29, 0.717) is 0 Å². The van der Waals surface area contributed by atoms with Crippen molar-refractivity contribution in [2.75, 3.05) is 0 Å². The van der Waals surface area contributed by atoms with Crippen molar-refractivity contribution in [1.82, 2.24) is 0 Å². The van der Waals surface area contributed by atoms with Gasteiger partial charge in [0.1, 0.15) is 5.60 Å². The van der Waals surface area contributed by atoms with Crippen molar-refractivity contribution in [2.24, 2.45) is 11.8 Å². The normalized spacial score (nSPS) is 12.8. The summed E-state index contributed by atoms with van der Waals surface area (Å²) in [6, 6.07) is 9.76. The predicted molar refractivity (Wildman–Crippen MR) is 70.2 cm³/mol. The Labute approximate surface area is 104 Å². The molecule has 2 N–H and O–H groups in total. The molecule has 0 heterocycles. The third-order valence-electron chi connectivity index (χ3n) is 3.17. The van der Waals surface area contributed by atoms with E-state index in [2.05, 4.69) is 0 Å². The van der Waals surface area contributed by atoms with E-state index >= 15 is 0 Å². The number of hydrogen-bond donors (Lipinski definition) is 2. The molecule has 96 valence electrons. The third kappa shape index (κ3) is 3.05. The van der Waals surface area contributed by atoms with Crippen LogP contribution in [-0.4, -0.2) is 9.79 Å². The minimum absolute atomic E-state index is 0.147. The smallest absolute Gasteiger partial charge is 0.327 e. The van der Waals surface area contributed by atoms with Gasteiger partial charge in [-0.1, -0.05) is 58.0 Å². The molecule has 0 amide bonds. The molecule has 1 rings (SSSR count). The summed E-state index contributed by atoms with van der Waals surface area (Å²) in [5.74, 6) is 0.295. The molecule has 0 aromatic heterocycles. The van der Waals surface area contributed by atoms with Gasteiger partial charge in [0.25, 0.3) is 0 Å². The summed E-state index contributed by atoms with van der Waals surface area (Å²) in [5.41, 5.74) is 0.330. The summed E-state index contributed by atoms with van der Waals surface area (Å²) in [4.78, 5) is 18.5. The fourth-order valence-electron chi connectivity index (χ4n) is 2.43. The van der Waals surface area contributed by atoms with Crippen molar-refractivity contribution in [3.8, 4) is 0 Å². The molecule has 0 atom stereocenters. The van der Waals surface area contributed by atoms with Gasteiger partial charge in [0.05, 0.1) is 0 Å². The highest BCUT2D eigenvalue weighted by Gasteiger charge is 2.42. The third-order valence-corrected chi connectivity index (χ3v) is 3.64. The summed E-state index contributed by atoms with van der Waals surface area (Å²) >= 11 is 0. The van der Waals surface area contributed by atoms with E-state index in [1.54, 1.807) is 0 Å². The van der Waals surface area contributed by atoms with Crippen molar-refractivity contribution < 1.29 is 14.3 Å². The van der Waals surface area contributed by atoms with Crippen LogP contribution in [-0.2, 0) is 10.1 Å². The Morgan fingerprint density at radius 1 is 1.00 bits per heavy atom. The van der Waals surface area contributed by atoms with Gasteiger partial charge in [-0.15, -0.1) is 0 Å². The molecular formula is C13H21O3P. The zero-order valence-electron chi connectivity index (χ0n) is 10.8. The van der Waals surface area contributed by atoms with Crippen LogP contribution in [0.4, 0.5) is 0 Å². The van der Waals surface area contributed by atoms with E-state index in [1.165, 1.54) is 0 Å². The lowest BCUT2D eigenvalue weighted by molar-refractivity contribution is -0.0355. The van der Waals surface area contributed by atoms with Gasteiger partial charge in [0, 0.05) is 0 Å². The van der Waals surface area contributed by atoms with Gasteiger partial charge >= 0.3 is 8.60 Å². The largest absolute Gasteiger partial charge is 0.328 e. The van der Waals surface area contributed by atoms with E-state index in [0.717, 1.165) is 5.56 Å². The Balaban J connectivity index is 3.25. The molecule has 0 spiro atoms. The first-order chi connectivity index (χ1) is 7.91. The molecular weight excluding hydrogens is 235 g/mol. The van der Waals surface area contributed by atoms with Crippen molar-refractivity contribution in [3.05, 3.63) is 35.9 Å². The van der Waals surface area contributed by atoms with Gasteiger partial charge in [-0.25, -0.2) is 0 Å². The molecule has 0 radical (unpaired) electrons. The lowest BCUT2D eigenvalue weighted by atomic mass is 9.75. The number of rotatable bonds is 5. The first-order valence-electron chi connectivity index (χ1n) is 5.83. The number of hydrogen-bond acceptors (Lipinski definition) is 3. The molecule has 1 aromatic rings. The average molecular weight is 256 g/mol. The molecule has 17 heavy (non-hydrogen) atoms. The molecule has 0 aliphatic rings. The van der Waals surface area contributed by atoms with Gasteiger partial charge in [-0.05, 0) is 17.4 Å².